The predicted octanol–water partition coefficient (Wildman–Crippen LogP) is 2.67. The van der Waals surface area contributed by atoms with Crippen molar-refractivity contribution in [2.75, 3.05) is 6.61 Å². The van der Waals surface area contributed by atoms with E-state index in [-0.39, 0.29) is 5.04 Å². The second-order valence-electron chi connectivity index (χ2n) is 6.06. The Morgan fingerprint density at radius 3 is 2.44 bits per heavy atom. The van der Waals surface area contributed by atoms with Gasteiger partial charge in [0.25, 0.3) is 0 Å². The summed E-state index contributed by atoms with van der Waals surface area (Å²) in [5, 5.41) is 10.1. The first kappa shape index (κ1) is 13.9. The average Bonchev–Trinajstić information content (AvgIpc) is 2.07. The summed E-state index contributed by atoms with van der Waals surface area (Å²) in [6.07, 6.45) is 2.88. The van der Waals surface area contributed by atoms with Gasteiger partial charge in [0.2, 0.25) is 0 Å². The van der Waals surface area contributed by atoms with Crippen LogP contribution in [-0.4, -0.2) is 31.9 Å². The Bertz CT molecular complexity index is 280. The maximum absolute atomic E-state index is 9.94. The lowest BCUT2D eigenvalue weighted by atomic mass is 10.1. The van der Waals surface area contributed by atoms with Gasteiger partial charge in [-0.2, -0.15) is 0 Å². The first-order valence-corrected chi connectivity index (χ1v) is 8.68. The Morgan fingerprint density at radius 2 is 2.00 bits per heavy atom. The van der Waals surface area contributed by atoms with Crippen LogP contribution >= 0.6 is 0 Å². The van der Waals surface area contributed by atoms with Crippen molar-refractivity contribution in [2.45, 2.75) is 57.7 Å². The predicted molar refractivity (Wildman–Crippen MR) is 67.8 cm³/mol. The van der Waals surface area contributed by atoms with Crippen LogP contribution in [0.25, 0.3) is 0 Å². The summed E-state index contributed by atoms with van der Waals surface area (Å²) in [5.41, 5.74) is 0. The topological polar surface area (TPSA) is 38.7 Å². The summed E-state index contributed by atoms with van der Waals surface area (Å²) in [6, 6.07) is 0. The van der Waals surface area contributed by atoms with E-state index in [1.54, 1.807) is 6.08 Å². The van der Waals surface area contributed by atoms with Crippen molar-refractivity contribution in [1.29, 1.82) is 0 Å². The van der Waals surface area contributed by atoms with E-state index in [1.165, 1.54) is 0 Å². The van der Waals surface area contributed by atoms with Gasteiger partial charge in [0, 0.05) is 0 Å². The molecule has 0 aliphatic carbocycles. The second kappa shape index (κ2) is 4.26. The molecule has 0 aromatic heterocycles. The monoisotopic (exact) mass is 244 g/mol. The normalized spacial score (nSPS) is 31.8. The summed E-state index contributed by atoms with van der Waals surface area (Å²) < 4.78 is 11.7. The zero-order chi connectivity index (χ0) is 12.6. The molecule has 94 valence electrons. The fraction of sp³-hybridized carbons (Fsp3) is 0.833. The third-order valence-corrected chi connectivity index (χ3v) is 8.11. The van der Waals surface area contributed by atoms with Crippen molar-refractivity contribution >= 4 is 8.32 Å². The number of aliphatic hydroxyl groups excluding tert-OH is 1. The molecule has 0 saturated heterocycles. The molecule has 0 aromatic rings. The van der Waals surface area contributed by atoms with E-state index in [0.29, 0.717) is 6.61 Å². The highest BCUT2D eigenvalue weighted by molar-refractivity contribution is 6.74. The molecule has 0 amide bonds. The van der Waals surface area contributed by atoms with E-state index < -0.39 is 20.2 Å². The van der Waals surface area contributed by atoms with Gasteiger partial charge in [-0.05, 0) is 25.1 Å². The number of aliphatic hydroxyl groups is 1. The first-order valence-electron chi connectivity index (χ1n) is 5.77. The Kier molecular flexibility index (Phi) is 3.70. The lowest BCUT2D eigenvalue weighted by Gasteiger charge is -2.45. The molecule has 1 N–H and O–H groups in total. The molecule has 16 heavy (non-hydrogen) atoms. The van der Waals surface area contributed by atoms with Gasteiger partial charge in [0.05, 0.1) is 6.61 Å². The molecule has 1 heterocycles. The zero-order valence-corrected chi connectivity index (χ0v) is 12.2. The highest BCUT2D eigenvalue weighted by Crippen LogP contribution is 2.40. The van der Waals surface area contributed by atoms with E-state index in [1.807, 2.05) is 13.0 Å². The van der Waals surface area contributed by atoms with Gasteiger partial charge in [-0.25, -0.2) is 0 Å². The van der Waals surface area contributed by atoms with Crippen LogP contribution in [0.1, 0.15) is 27.7 Å². The standard InChI is InChI=1S/C12H24O3Si/c1-11(2,3)16(5,6)15-12(4)10(13)8-7-9-14-12/h7-8,10,13H,9H2,1-6H3/t10-,12-/m0/s1. The molecule has 4 heteroatoms. The summed E-state index contributed by atoms with van der Waals surface area (Å²) in [6.45, 7) is 13.2. The summed E-state index contributed by atoms with van der Waals surface area (Å²) in [5.74, 6) is -0.891. The van der Waals surface area contributed by atoms with E-state index in [0.717, 1.165) is 0 Å². The zero-order valence-electron chi connectivity index (χ0n) is 11.2. The minimum absolute atomic E-state index is 0.111. The summed E-state index contributed by atoms with van der Waals surface area (Å²) >= 11 is 0. The molecular formula is C12H24O3Si. The van der Waals surface area contributed by atoms with Crippen LogP contribution in [0.5, 0.6) is 0 Å². The maximum atomic E-state index is 9.94. The Morgan fingerprint density at radius 1 is 1.44 bits per heavy atom. The largest absolute Gasteiger partial charge is 0.388 e. The van der Waals surface area contributed by atoms with Crippen LogP contribution < -0.4 is 0 Å². The van der Waals surface area contributed by atoms with E-state index in [2.05, 4.69) is 33.9 Å². The highest BCUT2D eigenvalue weighted by Gasteiger charge is 2.46. The minimum Gasteiger partial charge on any atom is -0.388 e. The molecule has 0 radical (unpaired) electrons. The average molecular weight is 244 g/mol. The molecule has 0 bridgehead atoms. The van der Waals surface area contributed by atoms with Crippen LogP contribution in [0, 0.1) is 0 Å². The van der Waals surface area contributed by atoms with Crippen molar-refractivity contribution in [2.24, 2.45) is 0 Å². The van der Waals surface area contributed by atoms with Crippen molar-refractivity contribution in [3.05, 3.63) is 12.2 Å². The number of hydrogen-bond donors (Lipinski definition) is 1. The minimum atomic E-state index is -1.93. The summed E-state index contributed by atoms with van der Waals surface area (Å²) in [4.78, 5) is 0. The van der Waals surface area contributed by atoms with Crippen molar-refractivity contribution in [3.8, 4) is 0 Å². The van der Waals surface area contributed by atoms with E-state index in [4.69, 9.17) is 9.16 Å². The summed E-state index contributed by atoms with van der Waals surface area (Å²) in [7, 11) is -1.93. The quantitative estimate of drug-likeness (QED) is 0.599. The highest BCUT2D eigenvalue weighted by atomic mass is 28.4. The first-order chi connectivity index (χ1) is 7.08. The van der Waals surface area contributed by atoms with Crippen LogP contribution in [0.15, 0.2) is 12.2 Å². The molecule has 0 fully saturated rings. The molecule has 0 saturated carbocycles. The van der Waals surface area contributed by atoms with Crippen LogP contribution in [-0.2, 0) is 9.16 Å². The molecule has 0 unspecified atom stereocenters. The number of hydrogen-bond acceptors (Lipinski definition) is 3. The Balaban J connectivity index is 2.84. The van der Waals surface area contributed by atoms with Gasteiger partial charge in [0.1, 0.15) is 6.10 Å². The third-order valence-electron chi connectivity index (χ3n) is 3.59. The smallest absolute Gasteiger partial charge is 0.195 e. The Hall–Kier alpha value is -0.163. The second-order valence-corrected chi connectivity index (χ2v) is 10.8. The fourth-order valence-corrected chi connectivity index (χ4v) is 2.91. The molecule has 3 nitrogen and oxygen atoms in total. The lowest BCUT2D eigenvalue weighted by molar-refractivity contribution is -0.221. The van der Waals surface area contributed by atoms with Gasteiger partial charge in [-0.3, -0.25) is 0 Å². The molecule has 0 aromatic carbocycles. The molecule has 1 aliphatic rings. The third kappa shape index (κ3) is 2.74. The van der Waals surface area contributed by atoms with Gasteiger partial charge in [-0.15, -0.1) is 0 Å². The van der Waals surface area contributed by atoms with Crippen molar-refractivity contribution in [1.82, 2.24) is 0 Å². The number of rotatable bonds is 2. The molecule has 1 aliphatic heterocycles. The fourth-order valence-electron chi connectivity index (χ4n) is 1.41. The van der Waals surface area contributed by atoms with Gasteiger partial charge in [0.15, 0.2) is 14.1 Å². The van der Waals surface area contributed by atoms with Crippen LogP contribution in [0.3, 0.4) is 0 Å². The van der Waals surface area contributed by atoms with Crippen molar-refractivity contribution in [3.63, 3.8) is 0 Å². The van der Waals surface area contributed by atoms with Gasteiger partial charge >= 0.3 is 0 Å². The lowest BCUT2D eigenvalue weighted by Crippen LogP contribution is -2.55. The molecule has 0 spiro atoms. The molecular weight excluding hydrogens is 220 g/mol. The van der Waals surface area contributed by atoms with Gasteiger partial charge < -0.3 is 14.3 Å². The van der Waals surface area contributed by atoms with E-state index in [9.17, 15) is 5.11 Å². The van der Waals surface area contributed by atoms with E-state index >= 15 is 0 Å². The Labute approximate surface area is 99.6 Å². The molecule has 1 rings (SSSR count). The van der Waals surface area contributed by atoms with Gasteiger partial charge in [-0.1, -0.05) is 32.9 Å². The molecule has 2 atom stereocenters. The maximum Gasteiger partial charge on any atom is 0.195 e. The van der Waals surface area contributed by atoms with Crippen LogP contribution in [0.2, 0.25) is 18.1 Å². The van der Waals surface area contributed by atoms with Crippen molar-refractivity contribution < 1.29 is 14.3 Å². The number of ether oxygens (including phenoxy) is 1. The SMILES string of the molecule is CC(C)(C)[Si](C)(C)O[C@]1(C)OCC=C[C@@H]1O. The van der Waals surface area contributed by atoms with Crippen LogP contribution in [0.4, 0.5) is 0 Å².